The molecule has 2 heteroatoms. The topological polar surface area (TPSA) is 18.5 Å². The molecule has 3 aromatic rings. The van der Waals surface area contributed by atoms with Gasteiger partial charge in [0.05, 0.1) is 6.61 Å². The van der Waals surface area contributed by atoms with Crippen molar-refractivity contribution in [1.82, 2.24) is 0 Å². The van der Waals surface area contributed by atoms with E-state index in [2.05, 4.69) is 43.3 Å². The quantitative estimate of drug-likeness (QED) is 0.227. The number of benzene rings is 3. The van der Waals surface area contributed by atoms with Gasteiger partial charge in [0.2, 0.25) is 0 Å². The minimum absolute atomic E-state index is 0.574. The third kappa shape index (κ3) is 3.81. The highest BCUT2D eigenvalue weighted by Gasteiger charge is 2.39. The van der Waals surface area contributed by atoms with Gasteiger partial charge in [-0.3, -0.25) is 0 Å². The van der Waals surface area contributed by atoms with Crippen molar-refractivity contribution in [1.29, 1.82) is 0 Å². The summed E-state index contributed by atoms with van der Waals surface area (Å²) in [6.45, 7) is 2.72. The van der Waals surface area contributed by atoms with Crippen LogP contribution in [0.25, 0.3) is 0 Å². The van der Waals surface area contributed by atoms with Gasteiger partial charge in [-0.05, 0) is 23.1 Å². The van der Waals surface area contributed by atoms with Crippen molar-refractivity contribution in [3.63, 3.8) is 0 Å². The van der Waals surface area contributed by atoms with E-state index in [9.17, 15) is 0 Å². The Labute approximate surface area is 150 Å². The Morgan fingerprint density at radius 1 is 0.640 bits per heavy atom. The summed E-state index contributed by atoms with van der Waals surface area (Å²) in [5.41, 5.74) is 2.34. The Kier molecular flexibility index (Phi) is 5.99. The van der Waals surface area contributed by atoms with Crippen LogP contribution in [0.2, 0.25) is 0 Å². The Morgan fingerprint density at radius 3 is 1.40 bits per heavy atom. The highest BCUT2D eigenvalue weighted by atomic mass is 17.2. The summed E-state index contributed by atoms with van der Waals surface area (Å²) in [4.78, 5) is 11.9. The van der Waals surface area contributed by atoms with Crippen molar-refractivity contribution in [2.24, 2.45) is 0 Å². The maximum absolute atomic E-state index is 6.19. The van der Waals surface area contributed by atoms with E-state index in [-0.39, 0.29) is 0 Å². The number of unbranched alkanes of at least 4 members (excludes halogenated alkanes) is 1. The molecule has 0 aliphatic heterocycles. The molecule has 0 aromatic heterocycles. The molecule has 0 aliphatic carbocycles. The van der Waals surface area contributed by atoms with Crippen LogP contribution in [0.4, 0.5) is 0 Å². The molecular formula is C23H24O2. The third-order valence-corrected chi connectivity index (χ3v) is 4.31. The van der Waals surface area contributed by atoms with Gasteiger partial charge in [-0.2, -0.15) is 0 Å². The molecule has 0 aliphatic rings. The van der Waals surface area contributed by atoms with Crippen LogP contribution in [0.5, 0.6) is 0 Å². The summed E-state index contributed by atoms with van der Waals surface area (Å²) in [5.74, 6) is 0. The molecule has 0 atom stereocenters. The molecular weight excluding hydrogens is 308 g/mol. The summed E-state index contributed by atoms with van der Waals surface area (Å²) in [5, 5.41) is 0. The molecule has 2 nitrogen and oxygen atoms in total. The van der Waals surface area contributed by atoms with E-state index in [0.717, 1.165) is 29.5 Å². The smallest absolute Gasteiger partial charge is 0.178 e. The molecule has 0 saturated carbocycles. The van der Waals surface area contributed by atoms with Gasteiger partial charge in [0.25, 0.3) is 0 Å². The molecule has 0 radical (unpaired) electrons. The van der Waals surface area contributed by atoms with Gasteiger partial charge in [0.1, 0.15) is 0 Å². The summed E-state index contributed by atoms with van der Waals surface area (Å²) < 4.78 is 0. The highest BCUT2D eigenvalue weighted by molar-refractivity contribution is 5.47. The fourth-order valence-corrected chi connectivity index (χ4v) is 3.00. The molecule has 25 heavy (non-hydrogen) atoms. The first-order chi connectivity index (χ1) is 12.4. The largest absolute Gasteiger partial charge is 0.235 e. The maximum Gasteiger partial charge on any atom is 0.178 e. The van der Waals surface area contributed by atoms with Crippen LogP contribution in [0.1, 0.15) is 36.5 Å². The first-order valence-corrected chi connectivity index (χ1v) is 8.85. The molecule has 0 heterocycles. The first kappa shape index (κ1) is 17.4. The van der Waals surface area contributed by atoms with Crippen molar-refractivity contribution >= 4 is 0 Å². The van der Waals surface area contributed by atoms with E-state index < -0.39 is 5.60 Å². The maximum atomic E-state index is 6.19. The molecule has 0 bridgehead atoms. The van der Waals surface area contributed by atoms with Crippen molar-refractivity contribution in [2.75, 3.05) is 6.61 Å². The summed E-state index contributed by atoms with van der Waals surface area (Å²) in [7, 11) is 0. The minimum atomic E-state index is -0.794. The van der Waals surface area contributed by atoms with E-state index in [1.54, 1.807) is 0 Å². The molecule has 0 amide bonds. The van der Waals surface area contributed by atoms with Crippen molar-refractivity contribution in [2.45, 2.75) is 25.4 Å². The molecule has 0 saturated heterocycles. The lowest BCUT2D eigenvalue weighted by Crippen LogP contribution is -2.33. The lowest BCUT2D eigenvalue weighted by Gasteiger charge is -2.34. The monoisotopic (exact) mass is 332 g/mol. The normalized spacial score (nSPS) is 11.4. The number of hydrogen-bond donors (Lipinski definition) is 0. The highest BCUT2D eigenvalue weighted by Crippen LogP contribution is 2.40. The SMILES string of the molecule is CCCCOOC(c1ccccc1)(c1ccccc1)c1ccccc1. The zero-order valence-electron chi connectivity index (χ0n) is 14.6. The standard InChI is InChI=1S/C23H24O2/c1-2-3-19-24-25-23(20-13-7-4-8-14-20,21-15-9-5-10-16-21)22-17-11-6-12-18-22/h4-18H,2-3,19H2,1H3. The average Bonchev–Trinajstić information content (AvgIpc) is 2.70. The van der Waals surface area contributed by atoms with E-state index in [4.69, 9.17) is 9.78 Å². The van der Waals surface area contributed by atoms with Crippen LogP contribution in [0.3, 0.4) is 0 Å². The second kappa shape index (κ2) is 8.61. The molecule has 0 fully saturated rings. The summed E-state index contributed by atoms with van der Waals surface area (Å²) >= 11 is 0. The van der Waals surface area contributed by atoms with Gasteiger partial charge in [0.15, 0.2) is 5.60 Å². The van der Waals surface area contributed by atoms with E-state index in [1.165, 1.54) is 0 Å². The second-order valence-corrected chi connectivity index (χ2v) is 6.04. The molecule has 3 rings (SSSR count). The number of hydrogen-bond acceptors (Lipinski definition) is 2. The van der Waals surface area contributed by atoms with Crippen LogP contribution in [0.15, 0.2) is 91.0 Å². The average molecular weight is 332 g/mol. The molecule has 0 N–H and O–H groups in total. The fourth-order valence-electron chi connectivity index (χ4n) is 3.00. The minimum Gasteiger partial charge on any atom is -0.235 e. The Morgan fingerprint density at radius 2 is 1.04 bits per heavy atom. The Balaban J connectivity index is 2.13. The lowest BCUT2D eigenvalue weighted by atomic mass is 9.80. The van der Waals surface area contributed by atoms with E-state index >= 15 is 0 Å². The fraction of sp³-hybridized carbons (Fsp3) is 0.217. The lowest BCUT2D eigenvalue weighted by molar-refractivity contribution is -0.345. The summed E-state index contributed by atoms with van der Waals surface area (Å²) in [6.07, 6.45) is 2.03. The van der Waals surface area contributed by atoms with Crippen LogP contribution < -0.4 is 0 Å². The predicted molar refractivity (Wildman–Crippen MR) is 101 cm³/mol. The van der Waals surface area contributed by atoms with E-state index in [0.29, 0.717) is 6.61 Å². The molecule has 0 spiro atoms. The van der Waals surface area contributed by atoms with Crippen LogP contribution >= 0.6 is 0 Å². The summed E-state index contributed by atoms with van der Waals surface area (Å²) in [6, 6.07) is 30.8. The molecule has 3 aromatic carbocycles. The third-order valence-electron chi connectivity index (χ3n) is 4.31. The van der Waals surface area contributed by atoms with Crippen LogP contribution in [-0.2, 0) is 15.4 Å². The number of rotatable bonds is 8. The van der Waals surface area contributed by atoms with Gasteiger partial charge in [0, 0.05) is 0 Å². The zero-order chi connectivity index (χ0) is 17.4. The van der Waals surface area contributed by atoms with E-state index in [1.807, 2.05) is 54.6 Å². The van der Waals surface area contributed by atoms with Crippen LogP contribution in [0, 0.1) is 0 Å². The first-order valence-electron chi connectivity index (χ1n) is 8.85. The van der Waals surface area contributed by atoms with Gasteiger partial charge in [-0.1, -0.05) is 104 Å². The molecule has 0 unspecified atom stereocenters. The van der Waals surface area contributed by atoms with Crippen molar-refractivity contribution in [3.8, 4) is 0 Å². The van der Waals surface area contributed by atoms with Crippen molar-refractivity contribution < 1.29 is 9.78 Å². The van der Waals surface area contributed by atoms with Gasteiger partial charge in [-0.15, -0.1) is 0 Å². The second-order valence-electron chi connectivity index (χ2n) is 6.04. The van der Waals surface area contributed by atoms with Gasteiger partial charge >= 0.3 is 0 Å². The Bertz CT molecular complexity index is 642. The Hall–Kier alpha value is -2.42. The zero-order valence-corrected chi connectivity index (χ0v) is 14.6. The predicted octanol–water partition coefficient (Wildman–Crippen LogP) is 5.73. The van der Waals surface area contributed by atoms with Gasteiger partial charge < -0.3 is 0 Å². The van der Waals surface area contributed by atoms with Crippen molar-refractivity contribution in [3.05, 3.63) is 108 Å². The van der Waals surface area contributed by atoms with Gasteiger partial charge in [-0.25, -0.2) is 9.78 Å². The molecule has 128 valence electrons. The van der Waals surface area contributed by atoms with Crippen LogP contribution in [-0.4, -0.2) is 6.61 Å².